The number of hydrogen-bond donors (Lipinski definition) is 1. The first-order valence-corrected chi connectivity index (χ1v) is 8.30. The lowest BCUT2D eigenvalue weighted by molar-refractivity contribution is 0.388. The second-order valence-electron chi connectivity index (χ2n) is 6.61. The summed E-state index contributed by atoms with van der Waals surface area (Å²) in [6.07, 6.45) is 2.39. The van der Waals surface area contributed by atoms with Crippen LogP contribution in [-0.2, 0) is 5.54 Å². The molecule has 1 heterocycles. The third-order valence-corrected chi connectivity index (χ3v) is 4.56. The van der Waals surface area contributed by atoms with Crippen molar-refractivity contribution in [2.75, 3.05) is 5.73 Å². The highest BCUT2D eigenvalue weighted by Gasteiger charge is 2.34. The minimum absolute atomic E-state index is 0.0915. The van der Waals surface area contributed by atoms with E-state index in [0.717, 1.165) is 21.6 Å². The minimum Gasteiger partial charge on any atom is -0.383 e. The lowest BCUT2D eigenvalue weighted by atomic mass is 10.1. The van der Waals surface area contributed by atoms with Gasteiger partial charge in [0.05, 0.1) is 5.02 Å². The summed E-state index contributed by atoms with van der Waals surface area (Å²) in [6, 6.07) is 5.77. The number of halogens is 2. The van der Waals surface area contributed by atoms with Crippen LogP contribution in [0.4, 0.5) is 5.82 Å². The molecule has 1 aliphatic rings. The fourth-order valence-corrected chi connectivity index (χ4v) is 3.22. The molecule has 0 amide bonds. The normalized spacial score (nSPS) is 15.5. The molecule has 1 aliphatic carbocycles. The van der Waals surface area contributed by atoms with E-state index in [-0.39, 0.29) is 5.54 Å². The van der Waals surface area contributed by atoms with E-state index in [1.807, 2.05) is 18.2 Å². The van der Waals surface area contributed by atoms with Crippen LogP contribution in [0.15, 0.2) is 22.7 Å². The Kier molecular flexibility index (Phi) is 3.57. The molecular formula is C16H19BrClN3. The lowest BCUT2D eigenvalue weighted by Crippen LogP contribution is -2.25. The SMILES string of the molecule is CC(C)(C)n1c(C2CC2)nc(-c2cc(Br)ccc2Cl)c1N. The first-order chi connectivity index (χ1) is 9.79. The average molecular weight is 369 g/mol. The van der Waals surface area contributed by atoms with Gasteiger partial charge in [0.1, 0.15) is 17.3 Å². The molecule has 2 N–H and O–H groups in total. The highest BCUT2D eigenvalue weighted by molar-refractivity contribution is 9.10. The maximum Gasteiger partial charge on any atom is 0.132 e. The Labute approximate surface area is 138 Å². The largest absolute Gasteiger partial charge is 0.383 e. The third-order valence-electron chi connectivity index (χ3n) is 3.74. The number of anilines is 1. The minimum atomic E-state index is -0.0915. The summed E-state index contributed by atoms with van der Waals surface area (Å²) in [5.74, 6) is 2.32. The van der Waals surface area contributed by atoms with Gasteiger partial charge >= 0.3 is 0 Å². The molecule has 21 heavy (non-hydrogen) atoms. The van der Waals surface area contributed by atoms with Gasteiger partial charge in [0.25, 0.3) is 0 Å². The van der Waals surface area contributed by atoms with Gasteiger partial charge in [-0.3, -0.25) is 0 Å². The van der Waals surface area contributed by atoms with Gasteiger partial charge in [-0.25, -0.2) is 4.98 Å². The van der Waals surface area contributed by atoms with E-state index in [2.05, 4.69) is 41.3 Å². The first-order valence-electron chi connectivity index (χ1n) is 7.13. The fraction of sp³-hybridized carbons (Fsp3) is 0.438. The molecule has 5 heteroatoms. The Bertz CT molecular complexity index is 696. The molecular weight excluding hydrogens is 350 g/mol. The van der Waals surface area contributed by atoms with Crippen molar-refractivity contribution in [1.29, 1.82) is 0 Å². The van der Waals surface area contributed by atoms with Gasteiger partial charge < -0.3 is 10.3 Å². The Morgan fingerprint density at radius 2 is 2.00 bits per heavy atom. The number of nitrogens with zero attached hydrogens (tertiary/aromatic N) is 2. The molecule has 0 spiro atoms. The van der Waals surface area contributed by atoms with Crippen molar-refractivity contribution in [3.8, 4) is 11.3 Å². The third kappa shape index (κ3) is 2.71. The van der Waals surface area contributed by atoms with Gasteiger partial charge in [-0.1, -0.05) is 27.5 Å². The highest BCUT2D eigenvalue weighted by atomic mass is 79.9. The monoisotopic (exact) mass is 367 g/mol. The van der Waals surface area contributed by atoms with Gasteiger partial charge in [-0.15, -0.1) is 0 Å². The zero-order chi connectivity index (χ0) is 15.4. The van der Waals surface area contributed by atoms with Crippen molar-refractivity contribution < 1.29 is 0 Å². The van der Waals surface area contributed by atoms with Crippen LogP contribution in [0.25, 0.3) is 11.3 Å². The van der Waals surface area contributed by atoms with Crippen molar-refractivity contribution in [3.63, 3.8) is 0 Å². The van der Waals surface area contributed by atoms with Crippen molar-refractivity contribution in [2.24, 2.45) is 0 Å². The number of nitrogens with two attached hydrogens (primary N) is 1. The van der Waals surface area contributed by atoms with E-state index in [0.29, 0.717) is 16.8 Å². The van der Waals surface area contributed by atoms with Gasteiger partial charge in [0.2, 0.25) is 0 Å². The van der Waals surface area contributed by atoms with E-state index in [4.69, 9.17) is 22.3 Å². The summed E-state index contributed by atoms with van der Waals surface area (Å²) in [5.41, 5.74) is 8.01. The number of hydrogen-bond acceptors (Lipinski definition) is 2. The molecule has 1 aromatic heterocycles. The highest BCUT2D eigenvalue weighted by Crippen LogP contribution is 2.45. The Hall–Kier alpha value is -1.00. The van der Waals surface area contributed by atoms with Crippen LogP contribution in [-0.4, -0.2) is 9.55 Å². The van der Waals surface area contributed by atoms with Crippen LogP contribution in [0.3, 0.4) is 0 Å². The van der Waals surface area contributed by atoms with Gasteiger partial charge in [-0.2, -0.15) is 0 Å². The predicted molar refractivity (Wildman–Crippen MR) is 91.8 cm³/mol. The van der Waals surface area contributed by atoms with E-state index in [9.17, 15) is 0 Å². The number of nitrogen functional groups attached to an aromatic ring is 1. The Morgan fingerprint density at radius 1 is 1.33 bits per heavy atom. The molecule has 0 saturated heterocycles. The second kappa shape index (κ2) is 5.03. The van der Waals surface area contributed by atoms with E-state index >= 15 is 0 Å². The summed E-state index contributed by atoms with van der Waals surface area (Å²) in [7, 11) is 0. The predicted octanol–water partition coefficient (Wildman–Crippen LogP) is 5.18. The summed E-state index contributed by atoms with van der Waals surface area (Å²) < 4.78 is 3.14. The van der Waals surface area contributed by atoms with Crippen LogP contribution < -0.4 is 5.73 Å². The van der Waals surface area contributed by atoms with Crippen molar-refractivity contribution in [2.45, 2.75) is 45.1 Å². The molecule has 1 fully saturated rings. The Balaban J connectivity index is 2.22. The molecule has 0 bridgehead atoms. The van der Waals surface area contributed by atoms with Gasteiger partial charge in [0, 0.05) is 21.5 Å². The Morgan fingerprint density at radius 3 is 2.57 bits per heavy atom. The zero-order valence-corrected chi connectivity index (χ0v) is 14.8. The standard InChI is InChI=1S/C16H19BrClN3/c1-16(2,3)21-14(19)13(20-15(21)9-4-5-9)11-8-10(17)6-7-12(11)18/h6-9H,4-5,19H2,1-3H3. The number of rotatable bonds is 2. The molecule has 3 rings (SSSR count). The van der Waals surface area contributed by atoms with Crippen LogP contribution >= 0.6 is 27.5 Å². The van der Waals surface area contributed by atoms with E-state index in [1.54, 1.807) is 0 Å². The molecule has 0 radical (unpaired) electrons. The first kappa shape index (κ1) is 14.9. The molecule has 0 atom stereocenters. The van der Waals surface area contributed by atoms with Crippen LogP contribution in [0, 0.1) is 0 Å². The summed E-state index contributed by atoms with van der Waals surface area (Å²) in [5, 5.41) is 0.672. The lowest BCUT2D eigenvalue weighted by Gasteiger charge is -2.25. The number of aromatic nitrogens is 2. The molecule has 3 nitrogen and oxygen atoms in total. The maximum atomic E-state index is 6.43. The summed E-state index contributed by atoms with van der Waals surface area (Å²) in [4.78, 5) is 4.84. The van der Waals surface area contributed by atoms with Crippen molar-refractivity contribution in [1.82, 2.24) is 9.55 Å². The summed E-state index contributed by atoms with van der Waals surface area (Å²) >= 11 is 9.84. The zero-order valence-electron chi connectivity index (χ0n) is 12.5. The second-order valence-corrected chi connectivity index (χ2v) is 7.93. The molecule has 0 aliphatic heterocycles. The fourth-order valence-electron chi connectivity index (χ4n) is 2.65. The van der Waals surface area contributed by atoms with Gasteiger partial charge in [-0.05, 0) is 51.8 Å². The number of benzene rings is 1. The van der Waals surface area contributed by atoms with E-state index in [1.165, 1.54) is 12.8 Å². The maximum absolute atomic E-state index is 6.43. The van der Waals surface area contributed by atoms with Gasteiger partial charge in [0.15, 0.2) is 0 Å². The van der Waals surface area contributed by atoms with Crippen LogP contribution in [0.1, 0.15) is 45.4 Å². The quantitative estimate of drug-likeness (QED) is 0.793. The average Bonchev–Trinajstić information content (AvgIpc) is 3.15. The molecule has 112 valence electrons. The van der Waals surface area contributed by atoms with E-state index < -0.39 is 0 Å². The molecule has 1 saturated carbocycles. The topological polar surface area (TPSA) is 43.8 Å². The van der Waals surface area contributed by atoms with Crippen molar-refractivity contribution >= 4 is 33.3 Å². The molecule has 2 aromatic rings. The number of imidazole rings is 1. The van der Waals surface area contributed by atoms with Crippen LogP contribution in [0.5, 0.6) is 0 Å². The van der Waals surface area contributed by atoms with Crippen molar-refractivity contribution in [3.05, 3.63) is 33.5 Å². The summed E-state index contributed by atoms with van der Waals surface area (Å²) in [6.45, 7) is 6.47. The molecule has 1 aromatic carbocycles. The smallest absolute Gasteiger partial charge is 0.132 e. The molecule has 0 unspecified atom stereocenters. The van der Waals surface area contributed by atoms with Crippen LogP contribution in [0.2, 0.25) is 5.02 Å².